The molecule has 2 N–H and O–H groups in total. The average molecular weight is 440 g/mol. The van der Waals surface area contributed by atoms with Crippen molar-refractivity contribution >= 4 is 29.2 Å². The van der Waals surface area contributed by atoms with Crippen molar-refractivity contribution in [3.63, 3.8) is 0 Å². The molecular formula is C23H19ClFN3O3. The van der Waals surface area contributed by atoms with Crippen LogP contribution < -0.4 is 15.4 Å². The fraction of sp³-hybridized carbons (Fsp3) is 0.174. The first-order valence-corrected chi connectivity index (χ1v) is 10.1. The number of hydrogen-bond donors (Lipinski definition) is 1. The van der Waals surface area contributed by atoms with Gasteiger partial charge >= 0.3 is 6.09 Å². The van der Waals surface area contributed by atoms with Crippen LogP contribution in [0.5, 0.6) is 5.75 Å². The Hall–Kier alpha value is -3.45. The minimum atomic E-state index is -1.16. The highest BCUT2D eigenvalue weighted by molar-refractivity contribution is 6.30. The van der Waals surface area contributed by atoms with Crippen molar-refractivity contribution in [3.05, 3.63) is 88.5 Å². The molecule has 0 atom stereocenters. The minimum Gasteiger partial charge on any atom is -0.407 e. The highest BCUT2D eigenvalue weighted by Crippen LogP contribution is 2.33. The van der Waals surface area contributed by atoms with Gasteiger partial charge in [-0.1, -0.05) is 23.7 Å². The number of carbonyl (C=O) groups is 2. The Morgan fingerprint density at radius 2 is 1.87 bits per heavy atom. The van der Waals surface area contributed by atoms with E-state index in [0.29, 0.717) is 17.6 Å². The van der Waals surface area contributed by atoms with E-state index in [1.165, 1.54) is 6.07 Å². The van der Waals surface area contributed by atoms with Gasteiger partial charge in [-0.2, -0.15) is 0 Å². The lowest BCUT2D eigenvalue weighted by atomic mass is 10.1. The van der Waals surface area contributed by atoms with Crippen LogP contribution in [-0.4, -0.2) is 22.9 Å². The summed E-state index contributed by atoms with van der Waals surface area (Å²) in [6.07, 6.45) is 2.71. The molecule has 0 spiro atoms. The topological polar surface area (TPSA) is 85.5 Å². The predicted molar refractivity (Wildman–Crippen MR) is 115 cm³/mol. The van der Waals surface area contributed by atoms with E-state index >= 15 is 0 Å². The molecule has 1 amide bonds. The van der Waals surface area contributed by atoms with Gasteiger partial charge in [0.2, 0.25) is 5.78 Å². The number of primary amides is 1. The second kappa shape index (κ2) is 8.73. The fourth-order valence-corrected chi connectivity index (χ4v) is 3.40. The summed E-state index contributed by atoms with van der Waals surface area (Å²) in [6.45, 7) is 0.711. The third-order valence-electron chi connectivity index (χ3n) is 4.97. The number of halogens is 2. The van der Waals surface area contributed by atoms with Gasteiger partial charge in [-0.05, 0) is 60.9 Å². The van der Waals surface area contributed by atoms with Crippen LogP contribution in [0.25, 0.3) is 0 Å². The Morgan fingerprint density at radius 1 is 1.13 bits per heavy atom. The summed E-state index contributed by atoms with van der Waals surface area (Å²) in [4.78, 5) is 30.2. The van der Waals surface area contributed by atoms with Crippen LogP contribution in [0.1, 0.15) is 34.5 Å². The number of aromatic nitrogens is 1. The number of nitrogens with zero attached hydrogens (tertiary/aromatic N) is 2. The fourth-order valence-electron chi connectivity index (χ4n) is 3.27. The molecule has 0 radical (unpaired) electrons. The van der Waals surface area contributed by atoms with E-state index in [0.717, 1.165) is 36.2 Å². The number of pyridine rings is 1. The van der Waals surface area contributed by atoms with Gasteiger partial charge < -0.3 is 15.4 Å². The van der Waals surface area contributed by atoms with Crippen LogP contribution in [0, 0.1) is 5.82 Å². The van der Waals surface area contributed by atoms with Gasteiger partial charge in [0.05, 0.1) is 11.9 Å². The van der Waals surface area contributed by atoms with Gasteiger partial charge in [-0.3, -0.25) is 9.78 Å². The first-order valence-electron chi connectivity index (χ1n) is 9.69. The zero-order valence-corrected chi connectivity index (χ0v) is 17.2. The number of amides is 1. The number of nitrogens with two attached hydrogens (primary N) is 1. The van der Waals surface area contributed by atoms with E-state index in [-0.39, 0.29) is 11.3 Å². The number of ether oxygens (including phenoxy) is 1. The Bertz CT molecular complexity index is 1120. The lowest BCUT2D eigenvalue weighted by Gasteiger charge is -2.24. The van der Waals surface area contributed by atoms with Gasteiger partial charge in [0.15, 0.2) is 11.6 Å². The average Bonchev–Trinajstić information content (AvgIpc) is 3.59. The minimum absolute atomic E-state index is 0.137. The number of anilines is 1. The van der Waals surface area contributed by atoms with Crippen LogP contribution in [-0.2, 0) is 6.54 Å². The van der Waals surface area contributed by atoms with Gasteiger partial charge in [0, 0.05) is 23.2 Å². The molecular weight excluding hydrogens is 421 g/mol. The lowest BCUT2D eigenvalue weighted by Crippen LogP contribution is -2.25. The van der Waals surface area contributed by atoms with Crippen molar-refractivity contribution in [1.29, 1.82) is 0 Å². The molecule has 1 heterocycles. The molecule has 3 aromatic rings. The second-order valence-electron chi connectivity index (χ2n) is 7.28. The number of benzene rings is 2. The Labute approximate surface area is 183 Å². The molecule has 1 saturated carbocycles. The van der Waals surface area contributed by atoms with E-state index in [1.54, 1.807) is 12.3 Å². The number of rotatable bonds is 7. The summed E-state index contributed by atoms with van der Waals surface area (Å²) in [6, 6.07) is 15.1. The molecule has 0 unspecified atom stereocenters. The van der Waals surface area contributed by atoms with Crippen molar-refractivity contribution in [2.45, 2.75) is 25.4 Å². The van der Waals surface area contributed by atoms with Gasteiger partial charge in [0.25, 0.3) is 0 Å². The van der Waals surface area contributed by atoms with Crippen LogP contribution in [0.2, 0.25) is 5.02 Å². The normalized spacial score (nSPS) is 13.0. The molecule has 8 heteroatoms. The Kier molecular flexibility index (Phi) is 5.86. The van der Waals surface area contributed by atoms with E-state index in [2.05, 4.69) is 14.6 Å². The van der Waals surface area contributed by atoms with Crippen LogP contribution in [0.4, 0.5) is 14.9 Å². The van der Waals surface area contributed by atoms with Gasteiger partial charge in [-0.15, -0.1) is 0 Å². The molecule has 31 heavy (non-hydrogen) atoms. The first-order chi connectivity index (χ1) is 14.9. The van der Waals surface area contributed by atoms with Gasteiger partial charge in [-0.25, -0.2) is 9.18 Å². The summed E-state index contributed by atoms with van der Waals surface area (Å²) < 4.78 is 18.3. The van der Waals surface area contributed by atoms with Crippen molar-refractivity contribution in [2.75, 3.05) is 4.90 Å². The number of hydrogen-bond acceptors (Lipinski definition) is 5. The maximum absolute atomic E-state index is 13.7. The molecule has 4 rings (SSSR count). The number of carbonyl (C=O) groups excluding carboxylic acids is 2. The molecule has 1 aromatic heterocycles. The van der Waals surface area contributed by atoms with E-state index < -0.39 is 23.4 Å². The molecule has 1 aliphatic carbocycles. The quantitative estimate of drug-likeness (QED) is 0.538. The molecule has 2 aromatic carbocycles. The smallest absolute Gasteiger partial charge is 0.407 e. The highest BCUT2D eigenvalue weighted by atomic mass is 35.5. The zero-order chi connectivity index (χ0) is 22.0. The maximum atomic E-state index is 13.7. The SMILES string of the molecule is NC(=O)Oc1cc(C(=O)c2ccc(N(Cc3ccc(Cl)cc3)C3CC3)cn2)ccc1F. The van der Waals surface area contributed by atoms with Gasteiger partial charge in [0.1, 0.15) is 5.69 Å². The summed E-state index contributed by atoms with van der Waals surface area (Å²) in [5.74, 6) is -1.62. The van der Waals surface area contributed by atoms with E-state index in [4.69, 9.17) is 17.3 Å². The molecule has 0 saturated heterocycles. The second-order valence-corrected chi connectivity index (χ2v) is 7.72. The molecule has 1 fully saturated rings. The van der Waals surface area contributed by atoms with Crippen LogP contribution in [0.3, 0.4) is 0 Å². The van der Waals surface area contributed by atoms with Crippen molar-refractivity contribution in [1.82, 2.24) is 4.98 Å². The molecule has 1 aliphatic rings. The van der Waals surface area contributed by atoms with Crippen LogP contribution >= 0.6 is 11.6 Å². The Morgan fingerprint density at radius 3 is 2.48 bits per heavy atom. The third kappa shape index (κ3) is 5.00. The lowest BCUT2D eigenvalue weighted by molar-refractivity contribution is 0.103. The standard InChI is InChI=1S/C23H19ClFN3O3/c24-16-4-1-14(2-5-16)13-28(17-6-7-17)18-8-10-20(27-12-18)22(29)15-3-9-19(25)21(11-15)31-23(26)30/h1-5,8-12,17H,6-7,13H2,(H2,26,30). The third-order valence-corrected chi connectivity index (χ3v) is 5.22. The molecule has 0 aliphatic heterocycles. The van der Waals surface area contributed by atoms with Crippen molar-refractivity contribution < 1.29 is 18.7 Å². The molecule has 158 valence electrons. The summed E-state index contributed by atoms with van der Waals surface area (Å²) >= 11 is 5.97. The van der Waals surface area contributed by atoms with Crippen LogP contribution in [0.15, 0.2) is 60.8 Å². The molecule has 6 nitrogen and oxygen atoms in total. The predicted octanol–water partition coefficient (Wildman–Crippen LogP) is 4.73. The van der Waals surface area contributed by atoms with Crippen molar-refractivity contribution in [3.8, 4) is 5.75 Å². The molecule has 0 bridgehead atoms. The summed E-state index contributed by atoms with van der Waals surface area (Å²) in [7, 11) is 0. The van der Waals surface area contributed by atoms with E-state index in [9.17, 15) is 14.0 Å². The largest absolute Gasteiger partial charge is 0.410 e. The summed E-state index contributed by atoms with van der Waals surface area (Å²) in [5.41, 5.74) is 7.30. The number of ketones is 1. The Balaban J connectivity index is 1.53. The maximum Gasteiger partial charge on any atom is 0.410 e. The summed E-state index contributed by atoms with van der Waals surface area (Å²) in [5, 5.41) is 0.691. The monoisotopic (exact) mass is 439 g/mol. The first kappa shape index (κ1) is 20.8. The highest BCUT2D eigenvalue weighted by Gasteiger charge is 2.29. The zero-order valence-electron chi connectivity index (χ0n) is 16.4. The van der Waals surface area contributed by atoms with Crippen molar-refractivity contribution in [2.24, 2.45) is 5.73 Å². The van der Waals surface area contributed by atoms with E-state index in [1.807, 2.05) is 30.3 Å².